The second-order valence-electron chi connectivity index (χ2n) is 7.20. The highest BCUT2D eigenvalue weighted by Gasteiger charge is 2.14. The Kier molecular flexibility index (Phi) is 8.95. The van der Waals surface area contributed by atoms with Crippen molar-refractivity contribution in [2.75, 3.05) is 0 Å². The molecule has 0 bridgehead atoms. The fourth-order valence-electron chi connectivity index (χ4n) is 2.93. The predicted octanol–water partition coefficient (Wildman–Crippen LogP) is 5.78. The van der Waals surface area contributed by atoms with Crippen LogP contribution in [0.5, 0.6) is 5.75 Å². The number of hydrazone groups is 1. The summed E-state index contributed by atoms with van der Waals surface area (Å²) in [7, 11) is 0. The van der Waals surface area contributed by atoms with Crippen molar-refractivity contribution in [2.45, 2.75) is 6.92 Å². The Morgan fingerprint density at radius 1 is 0.971 bits per heavy atom. The molecule has 6 nitrogen and oxygen atoms in total. The van der Waals surface area contributed by atoms with Gasteiger partial charge in [0.05, 0.1) is 10.7 Å². The van der Waals surface area contributed by atoms with E-state index in [4.69, 9.17) is 0 Å². The van der Waals surface area contributed by atoms with E-state index in [1.807, 2.05) is 43.3 Å². The van der Waals surface area contributed by atoms with E-state index in [9.17, 15) is 14.7 Å². The monoisotopic (exact) mass is 581 g/mol. The number of carbonyl (C=O) groups excluding carboxylic acids is 2. The van der Waals surface area contributed by atoms with E-state index >= 15 is 0 Å². The van der Waals surface area contributed by atoms with Gasteiger partial charge in [-0.2, -0.15) is 5.10 Å². The molecule has 3 N–H and O–H groups in total. The molecule has 0 saturated carbocycles. The molecule has 0 saturated heterocycles. The summed E-state index contributed by atoms with van der Waals surface area (Å²) >= 11 is 6.59. The number of phenolic OH excluding ortho intramolecular Hbond substituents is 1. The van der Waals surface area contributed by atoms with Crippen molar-refractivity contribution >= 4 is 56.0 Å². The quantitative estimate of drug-likeness (QED) is 0.143. The van der Waals surface area contributed by atoms with Gasteiger partial charge < -0.3 is 10.4 Å². The second-order valence-corrected chi connectivity index (χ2v) is 8.97. The first-order valence-corrected chi connectivity index (χ1v) is 11.7. The lowest BCUT2D eigenvalue weighted by Crippen LogP contribution is -2.33. The fourth-order valence-corrected chi connectivity index (χ4v) is 4.19. The number of nitrogens with zero attached hydrogens (tertiary/aromatic N) is 1. The van der Waals surface area contributed by atoms with Gasteiger partial charge >= 0.3 is 0 Å². The molecule has 0 spiro atoms. The molecule has 0 unspecified atom stereocenters. The number of rotatable bonds is 7. The van der Waals surface area contributed by atoms with Crippen LogP contribution in [0.3, 0.4) is 0 Å². The highest BCUT2D eigenvalue weighted by Crippen LogP contribution is 2.30. The molecule has 8 heteroatoms. The maximum absolute atomic E-state index is 12.9. The Morgan fingerprint density at radius 3 is 2.29 bits per heavy atom. The lowest BCUT2D eigenvalue weighted by molar-refractivity contribution is -0.117. The van der Waals surface area contributed by atoms with Crippen LogP contribution in [0.2, 0.25) is 0 Å². The van der Waals surface area contributed by atoms with E-state index in [0.29, 0.717) is 15.6 Å². The van der Waals surface area contributed by atoms with Crippen LogP contribution in [0.4, 0.5) is 0 Å². The van der Waals surface area contributed by atoms with Crippen LogP contribution in [0.25, 0.3) is 6.08 Å². The lowest BCUT2D eigenvalue weighted by atomic mass is 10.1. The number of phenols is 1. The number of amides is 2. The van der Waals surface area contributed by atoms with Gasteiger partial charge in [-0.25, -0.2) is 5.43 Å². The van der Waals surface area contributed by atoms with Crippen molar-refractivity contribution in [3.05, 3.63) is 116 Å². The topological polar surface area (TPSA) is 90.8 Å². The van der Waals surface area contributed by atoms with Gasteiger partial charge in [-0.05, 0) is 64.3 Å². The van der Waals surface area contributed by atoms with Crippen molar-refractivity contribution in [3.8, 4) is 5.75 Å². The summed E-state index contributed by atoms with van der Waals surface area (Å²) < 4.78 is 1.20. The fraction of sp³-hybridized carbons (Fsp3) is 0.0385. The van der Waals surface area contributed by atoms with Crippen LogP contribution in [0.1, 0.15) is 28.4 Å². The summed E-state index contributed by atoms with van der Waals surface area (Å²) in [5.41, 5.74) is 4.94. The Bertz CT molecular complexity index is 1270. The van der Waals surface area contributed by atoms with Crippen molar-refractivity contribution in [1.29, 1.82) is 0 Å². The summed E-state index contributed by atoms with van der Waals surface area (Å²) in [6.45, 7) is 1.83. The largest absolute Gasteiger partial charge is 0.506 e. The van der Waals surface area contributed by atoms with Gasteiger partial charge in [0.1, 0.15) is 11.4 Å². The highest BCUT2D eigenvalue weighted by molar-refractivity contribution is 9.11. The summed E-state index contributed by atoms with van der Waals surface area (Å²) in [4.78, 5) is 25.6. The number of hydrogen-bond acceptors (Lipinski definition) is 4. The van der Waals surface area contributed by atoms with Gasteiger partial charge in [-0.1, -0.05) is 70.5 Å². The molecule has 3 aromatic carbocycles. The molecule has 0 atom stereocenters. The molecule has 0 aliphatic carbocycles. The molecule has 3 rings (SSSR count). The number of nitrogens with one attached hydrogen (secondary N) is 2. The average Bonchev–Trinajstić information content (AvgIpc) is 2.82. The molecule has 34 heavy (non-hydrogen) atoms. The second kappa shape index (κ2) is 12.1. The van der Waals surface area contributed by atoms with E-state index in [1.165, 1.54) is 6.21 Å². The third kappa shape index (κ3) is 7.26. The predicted molar refractivity (Wildman–Crippen MR) is 141 cm³/mol. The SMILES string of the molecule is CC(=Cc1ccccc1)C=C(NC(=O)c1ccccc1)C(=O)N/N=C/c1cc(Br)cc(Br)c1O. The number of halogens is 2. The number of hydrogen-bond donors (Lipinski definition) is 3. The molecule has 3 aromatic rings. The molecule has 0 radical (unpaired) electrons. The van der Waals surface area contributed by atoms with E-state index in [2.05, 4.69) is 47.7 Å². The first-order valence-electron chi connectivity index (χ1n) is 10.2. The zero-order valence-electron chi connectivity index (χ0n) is 18.1. The van der Waals surface area contributed by atoms with Crippen LogP contribution < -0.4 is 10.7 Å². The minimum Gasteiger partial charge on any atom is -0.506 e. The van der Waals surface area contributed by atoms with Gasteiger partial charge in [0.15, 0.2) is 0 Å². The van der Waals surface area contributed by atoms with Gasteiger partial charge in [0, 0.05) is 15.6 Å². The number of carbonyl (C=O) groups is 2. The molecule has 2 amide bonds. The summed E-state index contributed by atoms with van der Waals surface area (Å²) in [5.74, 6) is -1.06. The smallest absolute Gasteiger partial charge is 0.287 e. The van der Waals surface area contributed by atoms with Crippen LogP contribution in [0.15, 0.2) is 104 Å². The Morgan fingerprint density at radius 2 is 1.62 bits per heavy atom. The van der Waals surface area contributed by atoms with Crippen LogP contribution in [-0.4, -0.2) is 23.1 Å². The van der Waals surface area contributed by atoms with Gasteiger partial charge in [0.25, 0.3) is 11.8 Å². The van der Waals surface area contributed by atoms with Crippen molar-refractivity contribution in [3.63, 3.8) is 0 Å². The lowest BCUT2D eigenvalue weighted by Gasteiger charge is -2.09. The highest BCUT2D eigenvalue weighted by atomic mass is 79.9. The van der Waals surface area contributed by atoms with E-state index < -0.39 is 11.8 Å². The average molecular weight is 583 g/mol. The zero-order chi connectivity index (χ0) is 24.5. The number of allylic oxidation sites excluding steroid dienone is 2. The van der Waals surface area contributed by atoms with E-state index in [1.54, 1.807) is 48.5 Å². The van der Waals surface area contributed by atoms with Crippen molar-refractivity contribution in [2.24, 2.45) is 5.10 Å². The summed E-state index contributed by atoms with van der Waals surface area (Å²) in [6.07, 6.45) is 4.78. The molecule has 0 fully saturated rings. The Hall–Kier alpha value is -3.49. The van der Waals surface area contributed by atoms with Gasteiger partial charge in [-0.3, -0.25) is 9.59 Å². The third-order valence-electron chi connectivity index (χ3n) is 4.52. The minimum atomic E-state index is -0.616. The van der Waals surface area contributed by atoms with Crippen LogP contribution in [0, 0.1) is 0 Å². The first kappa shape index (κ1) is 25.1. The minimum absolute atomic E-state index is 0.0176. The molecule has 0 aromatic heterocycles. The van der Waals surface area contributed by atoms with Crippen LogP contribution in [-0.2, 0) is 4.79 Å². The summed E-state index contributed by atoms with van der Waals surface area (Å²) in [6, 6.07) is 21.6. The molecular formula is C26H21Br2N3O3. The number of aromatic hydroxyl groups is 1. The third-order valence-corrected chi connectivity index (χ3v) is 5.58. The molecule has 172 valence electrons. The zero-order valence-corrected chi connectivity index (χ0v) is 21.3. The van der Waals surface area contributed by atoms with E-state index in [-0.39, 0.29) is 11.4 Å². The van der Waals surface area contributed by atoms with Crippen molar-refractivity contribution in [1.82, 2.24) is 10.7 Å². The molecule has 0 aliphatic rings. The Labute approximate surface area is 214 Å². The maximum atomic E-state index is 12.9. The van der Waals surface area contributed by atoms with Crippen LogP contribution >= 0.6 is 31.9 Å². The van der Waals surface area contributed by atoms with E-state index in [0.717, 1.165) is 15.6 Å². The Balaban J connectivity index is 1.84. The van der Waals surface area contributed by atoms with Gasteiger partial charge in [-0.15, -0.1) is 0 Å². The number of benzene rings is 3. The molecule has 0 aliphatic heterocycles. The standard InChI is InChI=1S/C26H21Br2N3O3/c1-17(12-18-8-4-2-5-9-18)13-23(30-25(33)19-10-6-3-7-11-19)26(34)31-29-16-20-14-21(27)15-22(28)24(20)32/h2-16,32H,1H3,(H,30,33)(H,31,34)/b17-12?,23-13?,29-16+. The first-order chi connectivity index (χ1) is 16.3. The van der Waals surface area contributed by atoms with Crippen molar-refractivity contribution < 1.29 is 14.7 Å². The molecule has 0 heterocycles. The molecular weight excluding hydrogens is 562 g/mol. The van der Waals surface area contributed by atoms with Gasteiger partial charge in [0.2, 0.25) is 0 Å². The summed E-state index contributed by atoms with van der Waals surface area (Å²) in [5, 5.41) is 16.8. The maximum Gasteiger partial charge on any atom is 0.287 e. The normalized spacial score (nSPS) is 12.0.